The Labute approximate surface area is 167 Å². The van der Waals surface area contributed by atoms with E-state index in [1.54, 1.807) is 0 Å². The van der Waals surface area contributed by atoms with Crippen LogP contribution in [0.25, 0.3) is 0 Å². The topological polar surface area (TPSA) is 21.3 Å². The summed E-state index contributed by atoms with van der Waals surface area (Å²) in [7, 11) is 0. The van der Waals surface area contributed by atoms with Crippen LogP contribution in [0.1, 0.15) is 43.7 Å². The predicted octanol–water partition coefficient (Wildman–Crippen LogP) is 6.66. The van der Waals surface area contributed by atoms with Crippen LogP contribution in [0.5, 0.6) is 5.75 Å². The van der Waals surface area contributed by atoms with Gasteiger partial charge in [0, 0.05) is 22.2 Å². The molecule has 0 saturated heterocycles. The van der Waals surface area contributed by atoms with Crippen LogP contribution in [0.3, 0.4) is 0 Å². The fourth-order valence-corrected chi connectivity index (χ4v) is 2.79. The summed E-state index contributed by atoms with van der Waals surface area (Å²) < 4.78 is 5.97. The third-order valence-corrected chi connectivity index (χ3v) is 4.34. The van der Waals surface area contributed by atoms with Crippen molar-refractivity contribution in [2.24, 2.45) is 0 Å². The van der Waals surface area contributed by atoms with E-state index in [1.165, 1.54) is 25.7 Å². The lowest BCUT2D eigenvalue weighted by molar-refractivity contribution is 0.302. The van der Waals surface area contributed by atoms with Gasteiger partial charge < -0.3 is 10.1 Å². The Balaban J connectivity index is 0.00000312. The minimum absolute atomic E-state index is 0. The Bertz CT molecular complexity index is 617. The van der Waals surface area contributed by atoms with Crippen molar-refractivity contribution in [2.45, 2.75) is 45.8 Å². The van der Waals surface area contributed by atoms with Crippen molar-refractivity contribution in [3.8, 4) is 5.75 Å². The van der Waals surface area contributed by atoms with Crippen molar-refractivity contribution >= 4 is 35.6 Å². The van der Waals surface area contributed by atoms with Gasteiger partial charge in [0.1, 0.15) is 12.4 Å². The number of hydrogen-bond acceptors (Lipinski definition) is 2. The average molecular weight is 403 g/mol. The minimum atomic E-state index is 0. The molecular formula is C20H26Cl3NO. The van der Waals surface area contributed by atoms with Crippen LogP contribution in [0, 0.1) is 0 Å². The van der Waals surface area contributed by atoms with Crippen LogP contribution >= 0.6 is 35.6 Å². The fraction of sp³-hybridized carbons (Fsp3) is 0.400. The van der Waals surface area contributed by atoms with Gasteiger partial charge in [0.15, 0.2) is 0 Å². The Hall–Kier alpha value is -0.930. The molecule has 138 valence electrons. The van der Waals surface area contributed by atoms with Crippen molar-refractivity contribution < 1.29 is 4.74 Å². The molecule has 0 aromatic heterocycles. The number of benzene rings is 2. The summed E-state index contributed by atoms with van der Waals surface area (Å²) in [5.41, 5.74) is 2.18. The molecule has 2 aromatic rings. The average Bonchev–Trinajstić information content (AvgIpc) is 2.58. The second-order valence-corrected chi connectivity index (χ2v) is 6.78. The molecule has 0 saturated carbocycles. The maximum Gasteiger partial charge on any atom is 0.124 e. The van der Waals surface area contributed by atoms with Gasteiger partial charge in [-0.05, 0) is 48.9 Å². The third-order valence-electron chi connectivity index (χ3n) is 3.85. The Morgan fingerprint density at radius 1 is 0.920 bits per heavy atom. The first kappa shape index (κ1) is 22.1. The monoisotopic (exact) mass is 401 g/mol. The lowest BCUT2D eigenvalue weighted by atomic mass is 10.1. The van der Waals surface area contributed by atoms with E-state index in [0.29, 0.717) is 6.61 Å². The molecule has 0 amide bonds. The Kier molecular flexibility index (Phi) is 11.0. The highest BCUT2D eigenvalue weighted by Gasteiger charge is 2.05. The maximum absolute atomic E-state index is 6.13. The van der Waals surface area contributed by atoms with Crippen molar-refractivity contribution in [3.05, 3.63) is 63.6 Å². The van der Waals surface area contributed by atoms with Crippen molar-refractivity contribution in [1.82, 2.24) is 5.32 Å². The molecule has 0 bridgehead atoms. The first-order chi connectivity index (χ1) is 11.7. The molecule has 0 heterocycles. The predicted molar refractivity (Wildman–Crippen MR) is 110 cm³/mol. The summed E-state index contributed by atoms with van der Waals surface area (Å²) in [6.45, 7) is 4.53. The van der Waals surface area contributed by atoms with E-state index >= 15 is 0 Å². The standard InChI is InChI=1S/C20H25Cl2NO.ClH/c1-2-3-4-5-12-23-14-17-13-19(22)10-11-20(17)24-15-16-6-8-18(21)9-7-16;/h6-11,13,23H,2-5,12,14-15H2,1H3;1H. The molecule has 2 rings (SSSR count). The number of nitrogens with one attached hydrogen (secondary N) is 1. The van der Waals surface area contributed by atoms with E-state index in [4.69, 9.17) is 27.9 Å². The maximum atomic E-state index is 6.13. The largest absolute Gasteiger partial charge is 0.489 e. The van der Waals surface area contributed by atoms with Gasteiger partial charge in [-0.2, -0.15) is 0 Å². The summed E-state index contributed by atoms with van der Waals surface area (Å²) in [6, 6.07) is 13.5. The number of hydrogen-bond donors (Lipinski definition) is 1. The highest BCUT2D eigenvalue weighted by molar-refractivity contribution is 6.30. The van der Waals surface area contributed by atoms with Crippen LogP contribution in [0.4, 0.5) is 0 Å². The Morgan fingerprint density at radius 3 is 2.36 bits per heavy atom. The molecule has 0 radical (unpaired) electrons. The van der Waals surface area contributed by atoms with E-state index in [9.17, 15) is 0 Å². The van der Waals surface area contributed by atoms with Crippen LogP contribution in [0.2, 0.25) is 10.0 Å². The SMILES string of the molecule is CCCCCCNCc1cc(Cl)ccc1OCc1ccc(Cl)cc1.Cl. The molecule has 0 atom stereocenters. The normalized spacial score (nSPS) is 10.4. The van der Waals surface area contributed by atoms with Gasteiger partial charge in [-0.3, -0.25) is 0 Å². The second-order valence-electron chi connectivity index (χ2n) is 5.90. The van der Waals surface area contributed by atoms with Crippen LogP contribution < -0.4 is 10.1 Å². The van der Waals surface area contributed by atoms with Gasteiger partial charge in [0.05, 0.1) is 0 Å². The summed E-state index contributed by atoms with van der Waals surface area (Å²) in [4.78, 5) is 0. The molecule has 25 heavy (non-hydrogen) atoms. The molecule has 0 aliphatic rings. The number of ether oxygens (including phenoxy) is 1. The van der Waals surface area contributed by atoms with Crippen molar-refractivity contribution in [3.63, 3.8) is 0 Å². The molecule has 0 unspecified atom stereocenters. The second kappa shape index (κ2) is 12.4. The van der Waals surface area contributed by atoms with Crippen LogP contribution in [-0.2, 0) is 13.2 Å². The number of rotatable bonds is 10. The molecular weight excluding hydrogens is 377 g/mol. The van der Waals surface area contributed by atoms with Gasteiger partial charge >= 0.3 is 0 Å². The van der Waals surface area contributed by atoms with Gasteiger partial charge in [0.25, 0.3) is 0 Å². The quantitative estimate of drug-likeness (QED) is 0.448. The zero-order valence-corrected chi connectivity index (χ0v) is 16.9. The van der Waals surface area contributed by atoms with Gasteiger partial charge in [-0.15, -0.1) is 12.4 Å². The van der Waals surface area contributed by atoms with Gasteiger partial charge in [0.2, 0.25) is 0 Å². The molecule has 2 aromatic carbocycles. The highest BCUT2D eigenvalue weighted by Crippen LogP contribution is 2.24. The smallest absolute Gasteiger partial charge is 0.124 e. The van der Waals surface area contributed by atoms with Crippen molar-refractivity contribution in [2.75, 3.05) is 6.54 Å². The molecule has 0 aliphatic carbocycles. The highest BCUT2D eigenvalue weighted by atomic mass is 35.5. The van der Waals surface area contributed by atoms with E-state index in [1.807, 2.05) is 42.5 Å². The number of unbranched alkanes of at least 4 members (excludes halogenated alkanes) is 3. The van der Waals surface area contributed by atoms with Gasteiger partial charge in [-0.1, -0.05) is 61.5 Å². The van der Waals surface area contributed by atoms with Crippen LogP contribution in [-0.4, -0.2) is 6.54 Å². The van der Waals surface area contributed by atoms with Gasteiger partial charge in [-0.25, -0.2) is 0 Å². The summed E-state index contributed by atoms with van der Waals surface area (Å²) in [5.74, 6) is 0.871. The zero-order valence-electron chi connectivity index (χ0n) is 14.6. The molecule has 5 heteroatoms. The molecule has 0 spiro atoms. The van der Waals surface area contributed by atoms with E-state index in [2.05, 4.69) is 12.2 Å². The summed E-state index contributed by atoms with van der Waals surface area (Å²) in [6.07, 6.45) is 5.04. The molecule has 2 nitrogen and oxygen atoms in total. The van der Waals surface area contributed by atoms with E-state index in [-0.39, 0.29) is 12.4 Å². The fourth-order valence-electron chi connectivity index (χ4n) is 2.47. The minimum Gasteiger partial charge on any atom is -0.489 e. The van der Waals surface area contributed by atoms with E-state index in [0.717, 1.165) is 40.0 Å². The number of halogens is 3. The molecule has 1 N–H and O–H groups in total. The Morgan fingerprint density at radius 2 is 1.64 bits per heavy atom. The van der Waals surface area contributed by atoms with Crippen LogP contribution in [0.15, 0.2) is 42.5 Å². The third kappa shape index (κ3) is 8.33. The lowest BCUT2D eigenvalue weighted by Crippen LogP contribution is -2.15. The molecule has 0 fully saturated rings. The molecule has 0 aliphatic heterocycles. The summed E-state index contributed by atoms with van der Waals surface area (Å²) in [5, 5.41) is 4.95. The van der Waals surface area contributed by atoms with E-state index < -0.39 is 0 Å². The van der Waals surface area contributed by atoms with Crippen molar-refractivity contribution in [1.29, 1.82) is 0 Å². The lowest BCUT2D eigenvalue weighted by Gasteiger charge is -2.13. The summed E-state index contributed by atoms with van der Waals surface area (Å²) >= 11 is 12.0. The first-order valence-electron chi connectivity index (χ1n) is 8.55. The zero-order chi connectivity index (χ0) is 17.2. The first-order valence-corrected chi connectivity index (χ1v) is 9.31.